The second-order valence-corrected chi connectivity index (χ2v) is 5.13. The van der Waals surface area contributed by atoms with E-state index in [0.717, 1.165) is 17.6 Å². The number of hydrogen-bond acceptors (Lipinski definition) is 1. The van der Waals surface area contributed by atoms with E-state index in [2.05, 4.69) is 20.8 Å². The summed E-state index contributed by atoms with van der Waals surface area (Å²) < 4.78 is 13.8. The van der Waals surface area contributed by atoms with E-state index in [-0.39, 0.29) is 0 Å². The summed E-state index contributed by atoms with van der Waals surface area (Å²) in [5.74, 6) is 0. The summed E-state index contributed by atoms with van der Waals surface area (Å²) in [6.07, 6.45) is 0.00938. The van der Waals surface area contributed by atoms with Crippen molar-refractivity contribution in [1.82, 2.24) is 4.90 Å². The van der Waals surface area contributed by atoms with Gasteiger partial charge in [0.25, 0.3) is 0 Å². The Labute approximate surface area is 102 Å². The second kappa shape index (κ2) is 4.81. The molecular formula is C11H12BrClFN. The lowest BCUT2D eigenvalue weighted by molar-refractivity contribution is 0.282. The average molecular weight is 293 g/mol. The van der Waals surface area contributed by atoms with Crippen LogP contribution in [0, 0.1) is 0 Å². The summed E-state index contributed by atoms with van der Waals surface area (Å²) in [5.41, 5.74) is 1.17. The Balaban J connectivity index is 2.02. The molecule has 0 aromatic heterocycles. The summed E-state index contributed by atoms with van der Waals surface area (Å²) >= 11 is 9.28. The maximum atomic E-state index is 12.9. The van der Waals surface area contributed by atoms with Crippen molar-refractivity contribution in [3.63, 3.8) is 0 Å². The lowest BCUT2D eigenvalue weighted by Crippen LogP contribution is -2.20. The van der Waals surface area contributed by atoms with Gasteiger partial charge in [-0.2, -0.15) is 0 Å². The molecule has 4 heteroatoms. The summed E-state index contributed by atoms with van der Waals surface area (Å²) in [5, 5.41) is 0.712. The first kappa shape index (κ1) is 11.4. The molecule has 0 radical (unpaired) electrons. The summed E-state index contributed by atoms with van der Waals surface area (Å²) in [4.78, 5) is 2.13. The van der Waals surface area contributed by atoms with Gasteiger partial charge in [-0.1, -0.05) is 17.7 Å². The van der Waals surface area contributed by atoms with Crippen molar-refractivity contribution < 1.29 is 4.39 Å². The highest BCUT2D eigenvalue weighted by molar-refractivity contribution is 9.10. The molecule has 1 unspecified atom stereocenters. The average Bonchev–Trinajstić information content (AvgIpc) is 2.58. The van der Waals surface area contributed by atoms with Gasteiger partial charge in [0.15, 0.2) is 0 Å². The van der Waals surface area contributed by atoms with E-state index in [9.17, 15) is 4.39 Å². The number of likely N-dealkylation sites (tertiary alicyclic amines) is 1. The van der Waals surface area contributed by atoms with E-state index in [1.807, 2.05) is 18.2 Å². The van der Waals surface area contributed by atoms with Crippen LogP contribution in [0.4, 0.5) is 4.39 Å². The van der Waals surface area contributed by atoms with Crippen LogP contribution in [0.15, 0.2) is 22.7 Å². The fourth-order valence-electron chi connectivity index (χ4n) is 1.83. The Bertz CT molecular complexity index is 358. The van der Waals surface area contributed by atoms with Crippen molar-refractivity contribution in [3.05, 3.63) is 33.3 Å². The normalized spacial score (nSPS) is 22.2. The molecule has 0 aliphatic carbocycles. The largest absolute Gasteiger partial charge is 0.296 e. The van der Waals surface area contributed by atoms with Gasteiger partial charge >= 0.3 is 0 Å². The standard InChI is InChI=1S/C11H12BrClFN/c12-10-5-8(1-2-11(10)13)6-15-4-3-9(14)7-15/h1-2,5,9H,3-4,6-7H2. The highest BCUT2D eigenvalue weighted by Crippen LogP contribution is 2.24. The van der Waals surface area contributed by atoms with E-state index in [1.54, 1.807) is 0 Å². The van der Waals surface area contributed by atoms with Gasteiger partial charge in [-0.05, 0) is 40.0 Å². The molecule has 1 heterocycles. The molecular weight excluding hydrogens is 280 g/mol. The molecule has 1 aromatic carbocycles. The maximum absolute atomic E-state index is 12.9. The van der Waals surface area contributed by atoms with Gasteiger partial charge in [-0.25, -0.2) is 4.39 Å². The first-order chi connectivity index (χ1) is 7.15. The number of halogens is 3. The molecule has 1 aliphatic heterocycles. The molecule has 0 amide bonds. The number of rotatable bonds is 2. The zero-order chi connectivity index (χ0) is 10.8. The highest BCUT2D eigenvalue weighted by Gasteiger charge is 2.21. The lowest BCUT2D eigenvalue weighted by atomic mass is 10.2. The monoisotopic (exact) mass is 291 g/mol. The molecule has 0 N–H and O–H groups in total. The smallest absolute Gasteiger partial charge is 0.114 e. The molecule has 1 saturated heterocycles. The van der Waals surface area contributed by atoms with Crippen molar-refractivity contribution in [2.24, 2.45) is 0 Å². The van der Waals surface area contributed by atoms with Crippen LogP contribution >= 0.6 is 27.5 Å². The summed E-state index contributed by atoms with van der Waals surface area (Å²) in [7, 11) is 0. The molecule has 1 aromatic rings. The number of nitrogens with zero attached hydrogens (tertiary/aromatic N) is 1. The molecule has 1 aliphatic rings. The minimum atomic E-state index is -0.652. The van der Waals surface area contributed by atoms with Crippen LogP contribution < -0.4 is 0 Å². The first-order valence-electron chi connectivity index (χ1n) is 4.95. The van der Waals surface area contributed by atoms with Gasteiger partial charge < -0.3 is 0 Å². The maximum Gasteiger partial charge on any atom is 0.114 e. The number of hydrogen-bond donors (Lipinski definition) is 0. The molecule has 0 spiro atoms. The lowest BCUT2D eigenvalue weighted by Gasteiger charge is -2.14. The molecule has 1 atom stereocenters. The van der Waals surface area contributed by atoms with Crippen molar-refractivity contribution in [2.45, 2.75) is 19.1 Å². The van der Waals surface area contributed by atoms with E-state index < -0.39 is 6.17 Å². The Morgan fingerprint density at radius 3 is 2.93 bits per heavy atom. The zero-order valence-corrected chi connectivity index (χ0v) is 10.6. The molecule has 1 nitrogen and oxygen atoms in total. The second-order valence-electron chi connectivity index (χ2n) is 3.87. The van der Waals surface area contributed by atoms with E-state index >= 15 is 0 Å². The van der Waals surface area contributed by atoms with Gasteiger partial charge in [0.1, 0.15) is 6.17 Å². The minimum absolute atomic E-state index is 0.556. The number of alkyl halides is 1. The SMILES string of the molecule is FC1CCN(Cc2ccc(Cl)c(Br)c2)C1. The van der Waals surface area contributed by atoms with Crippen molar-refractivity contribution in [3.8, 4) is 0 Å². The topological polar surface area (TPSA) is 3.24 Å². The van der Waals surface area contributed by atoms with E-state index in [0.29, 0.717) is 18.0 Å². The third-order valence-corrected chi connectivity index (χ3v) is 3.82. The van der Waals surface area contributed by atoms with Crippen LogP contribution in [0.3, 0.4) is 0 Å². The molecule has 2 rings (SSSR count). The van der Waals surface area contributed by atoms with Crippen LogP contribution in [-0.4, -0.2) is 24.2 Å². The fourth-order valence-corrected chi connectivity index (χ4v) is 2.37. The molecule has 0 bridgehead atoms. The van der Waals surface area contributed by atoms with Gasteiger partial charge in [0.05, 0.1) is 5.02 Å². The Hall–Kier alpha value is -0.120. The Morgan fingerprint density at radius 2 is 2.33 bits per heavy atom. The van der Waals surface area contributed by atoms with Gasteiger partial charge in [-0.3, -0.25) is 4.90 Å². The van der Waals surface area contributed by atoms with Crippen LogP contribution in [0.25, 0.3) is 0 Å². The predicted octanol–water partition coefficient (Wildman–Crippen LogP) is 3.65. The van der Waals surface area contributed by atoms with Gasteiger partial charge in [0.2, 0.25) is 0 Å². The predicted molar refractivity (Wildman–Crippen MR) is 63.9 cm³/mol. The summed E-state index contributed by atoms with van der Waals surface area (Å²) in [6, 6.07) is 5.84. The number of benzene rings is 1. The van der Waals surface area contributed by atoms with Crippen molar-refractivity contribution >= 4 is 27.5 Å². The molecule has 1 fully saturated rings. The highest BCUT2D eigenvalue weighted by atomic mass is 79.9. The van der Waals surface area contributed by atoms with Crippen LogP contribution in [0.2, 0.25) is 5.02 Å². The molecule has 0 saturated carbocycles. The van der Waals surface area contributed by atoms with Crippen LogP contribution in [0.1, 0.15) is 12.0 Å². The molecule has 15 heavy (non-hydrogen) atoms. The molecule has 82 valence electrons. The van der Waals surface area contributed by atoms with E-state index in [1.165, 1.54) is 5.56 Å². The first-order valence-corrected chi connectivity index (χ1v) is 6.12. The third kappa shape index (κ3) is 2.92. The minimum Gasteiger partial charge on any atom is -0.296 e. The van der Waals surface area contributed by atoms with Crippen LogP contribution in [-0.2, 0) is 6.54 Å². The van der Waals surface area contributed by atoms with Gasteiger partial charge in [-0.15, -0.1) is 0 Å². The Morgan fingerprint density at radius 1 is 1.53 bits per heavy atom. The van der Waals surface area contributed by atoms with Gasteiger partial charge in [0, 0.05) is 24.1 Å². The van der Waals surface area contributed by atoms with Crippen molar-refractivity contribution in [1.29, 1.82) is 0 Å². The summed E-state index contributed by atoms with van der Waals surface area (Å²) in [6.45, 7) is 2.21. The zero-order valence-electron chi connectivity index (χ0n) is 8.22. The van der Waals surface area contributed by atoms with E-state index in [4.69, 9.17) is 11.6 Å². The van der Waals surface area contributed by atoms with Crippen molar-refractivity contribution in [2.75, 3.05) is 13.1 Å². The third-order valence-electron chi connectivity index (χ3n) is 2.61. The fraction of sp³-hybridized carbons (Fsp3) is 0.455. The Kier molecular flexibility index (Phi) is 3.65. The quantitative estimate of drug-likeness (QED) is 0.804. The van der Waals surface area contributed by atoms with Crippen LogP contribution in [0.5, 0.6) is 0 Å².